The minimum atomic E-state index is 0.611. The van der Waals surface area contributed by atoms with Gasteiger partial charge in [-0.3, -0.25) is 0 Å². The summed E-state index contributed by atoms with van der Waals surface area (Å²) in [4.78, 5) is 0. The van der Waals surface area contributed by atoms with Gasteiger partial charge in [0.2, 0.25) is 0 Å². The van der Waals surface area contributed by atoms with Crippen LogP contribution in [0, 0.1) is 13.8 Å². The zero-order chi connectivity index (χ0) is 11.5. The standard InChI is InChI=1S/C14H12ClO/c1-10-4-3-5-12(8-10)16-14-9-11(2)6-7-13(14)15/h3-9H,1H2,2H3. The highest BCUT2D eigenvalue weighted by molar-refractivity contribution is 6.32. The van der Waals surface area contributed by atoms with Crippen LogP contribution in [0.1, 0.15) is 11.1 Å². The van der Waals surface area contributed by atoms with Gasteiger partial charge >= 0.3 is 0 Å². The lowest BCUT2D eigenvalue weighted by Gasteiger charge is -2.08. The van der Waals surface area contributed by atoms with Crippen molar-refractivity contribution in [3.05, 3.63) is 65.5 Å². The van der Waals surface area contributed by atoms with E-state index in [1.807, 2.05) is 49.4 Å². The largest absolute Gasteiger partial charge is 0.456 e. The van der Waals surface area contributed by atoms with E-state index >= 15 is 0 Å². The molecule has 2 heteroatoms. The van der Waals surface area contributed by atoms with Crippen molar-refractivity contribution in [3.8, 4) is 11.5 Å². The van der Waals surface area contributed by atoms with Crippen molar-refractivity contribution in [2.24, 2.45) is 0 Å². The summed E-state index contributed by atoms with van der Waals surface area (Å²) in [5, 5.41) is 0.611. The minimum absolute atomic E-state index is 0.611. The normalized spacial score (nSPS) is 10.2. The van der Waals surface area contributed by atoms with Gasteiger partial charge in [0.15, 0.2) is 0 Å². The first kappa shape index (κ1) is 11.0. The monoisotopic (exact) mass is 231 g/mol. The number of hydrogen-bond donors (Lipinski definition) is 0. The molecule has 1 nitrogen and oxygen atoms in total. The fourth-order valence-corrected chi connectivity index (χ4v) is 1.58. The molecule has 0 saturated heterocycles. The lowest BCUT2D eigenvalue weighted by atomic mass is 10.2. The van der Waals surface area contributed by atoms with Gasteiger partial charge in [-0.15, -0.1) is 0 Å². The number of hydrogen-bond acceptors (Lipinski definition) is 1. The van der Waals surface area contributed by atoms with Crippen molar-refractivity contribution in [2.75, 3.05) is 0 Å². The first-order chi connectivity index (χ1) is 7.65. The SMILES string of the molecule is [CH2]c1cccc(Oc2cc(C)ccc2Cl)c1. The van der Waals surface area contributed by atoms with E-state index in [1.165, 1.54) is 0 Å². The summed E-state index contributed by atoms with van der Waals surface area (Å²) < 4.78 is 5.70. The zero-order valence-electron chi connectivity index (χ0n) is 9.03. The Hall–Kier alpha value is -1.47. The van der Waals surface area contributed by atoms with E-state index in [0.29, 0.717) is 10.8 Å². The molecule has 2 rings (SSSR count). The second-order valence-corrected chi connectivity index (χ2v) is 4.09. The van der Waals surface area contributed by atoms with E-state index in [1.54, 1.807) is 0 Å². The van der Waals surface area contributed by atoms with Crippen LogP contribution >= 0.6 is 11.6 Å². The average Bonchev–Trinajstić information content (AvgIpc) is 2.24. The molecule has 0 aliphatic heterocycles. The second-order valence-electron chi connectivity index (χ2n) is 3.68. The summed E-state index contributed by atoms with van der Waals surface area (Å²) in [5.74, 6) is 1.42. The molecule has 2 aromatic carbocycles. The first-order valence-corrected chi connectivity index (χ1v) is 5.39. The van der Waals surface area contributed by atoms with Gasteiger partial charge in [-0.05, 0) is 49.2 Å². The van der Waals surface area contributed by atoms with Gasteiger partial charge in [-0.2, -0.15) is 0 Å². The fourth-order valence-electron chi connectivity index (χ4n) is 1.42. The minimum Gasteiger partial charge on any atom is -0.456 e. The second kappa shape index (κ2) is 4.58. The van der Waals surface area contributed by atoms with Crippen LogP contribution in [0.3, 0.4) is 0 Å². The van der Waals surface area contributed by atoms with Crippen molar-refractivity contribution < 1.29 is 4.74 Å². The molecule has 0 unspecified atom stereocenters. The molecule has 16 heavy (non-hydrogen) atoms. The Labute approximate surface area is 101 Å². The highest BCUT2D eigenvalue weighted by atomic mass is 35.5. The van der Waals surface area contributed by atoms with Crippen LogP contribution in [-0.4, -0.2) is 0 Å². The highest BCUT2D eigenvalue weighted by Gasteiger charge is 2.03. The molecule has 0 bridgehead atoms. The molecule has 1 radical (unpaired) electrons. The van der Waals surface area contributed by atoms with E-state index in [-0.39, 0.29) is 0 Å². The maximum absolute atomic E-state index is 6.05. The highest BCUT2D eigenvalue weighted by Crippen LogP contribution is 2.30. The van der Waals surface area contributed by atoms with Gasteiger partial charge in [-0.25, -0.2) is 0 Å². The van der Waals surface area contributed by atoms with Crippen LogP contribution in [0.5, 0.6) is 11.5 Å². The van der Waals surface area contributed by atoms with Crippen LogP contribution in [0.15, 0.2) is 42.5 Å². The molecule has 0 saturated carbocycles. The van der Waals surface area contributed by atoms with E-state index in [9.17, 15) is 0 Å². The van der Waals surface area contributed by atoms with Gasteiger partial charge in [0, 0.05) is 0 Å². The molecule has 0 spiro atoms. The van der Waals surface area contributed by atoms with Gasteiger partial charge in [0.1, 0.15) is 11.5 Å². The average molecular weight is 232 g/mol. The quantitative estimate of drug-likeness (QED) is 0.733. The summed E-state index contributed by atoms with van der Waals surface area (Å²) in [5.41, 5.74) is 2.03. The van der Waals surface area contributed by atoms with Crippen molar-refractivity contribution in [1.29, 1.82) is 0 Å². The maximum atomic E-state index is 6.05. The molecule has 0 aliphatic rings. The van der Waals surface area contributed by atoms with E-state index in [2.05, 4.69) is 6.92 Å². The Morgan fingerprint density at radius 1 is 1.12 bits per heavy atom. The van der Waals surface area contributed by atoms with Gasteiger partial charge in [-0.1, -0.05) is 29.8 Å². The molecule has 0 aromatic heterocycles. The predicted octanol–water partition coefficient (Wildman–Crippen LogP) is 4.62. The smallest absolute Gasteiger partial charge is 0.146 e. The Kier molecular flexibility index (Phi) is 3.16. The Morgan fingerprint density at radius 3 is 2.69 bits per heavy atom. The molecule has 0 aliphatic carbocycles. The molecular formula is C14H12ClO. The van der Waals surface area contributed by atoms with Crippen LogP contribution in [-0.2, 0) is 0 Å². The van der Waals surface area contributed by atoms with Crippen LogP contribution in [0.25, 0.3) is 0 Å². The van der Waals surface area contributed by atoms with Crippen molar-refractivity contribution in [1.82, 2.24) is 0 Å². The molecule has 0 atom stereocenters. The van der Waals surface area contributed by atoms with Gasteiger partial charge in [0.25, 0.3) is 0 Å². The van der Waals surface area contributed by atoms with Gasteiger partial charge in [0.05, 0.1) is 5.02 Å². The molecule has 81 valence electrons. The third kappa shape index (κ3) is 2.56. The third-order valence-electron chi connectivity index (χ3n) is 2.21. The van der Waals surface area contributed by atoms with E-state index < -0.39 is 0 Å². The van der Waals surface area contributed by atoms with E-state index in [0.717, 1.165) is 16.9 Å². The third-order valence-corrected chi connectivity index (χ3v) is 2.53. The maximum Gasteiger partial charge on any atom is 0.146 e. The predicted molar refractivity (Wildman–Crippen MR) is 67.2 cm³/mol. The molecule has 0 fully saturated rings. The summed E-state index contributed by atoms with van der Waals surface area (Å²) in [6, 6.07) is 13.3. The molecule has 2 aromatic rings. The fraction of sp³-hybridized carbons (Fsp3) is 0.0714. The van der Waals surface area contributed by atoms with Gasteiger partial charge < -0.3 is 4.74 Å². The van der Waals surface area contributed by atoms with Crippen molar-refractivity contribution in [2.45, 2.75) is 6.92 Å². The summed E-state index contributed by atoms with van der Waals surface area (Å²) in [7, 11) is 0. The number of ether oxygens (including phenoxy) is 1. The molecule has 0 heterocycles. The summed E-state index contributed by atoms with van der Waals surface area (Å²) in [6.07, 6.45) is 0. The Balaban J connectivity index is 2.30. The van der Waals surface area contributed by atoms with Crippen LogP contribution < -0.4 is 4.74 Å². The first-order valence-electron chi connectivity index (χ1n) is 5.01. The molecule has 0 amide bonds. The lowest BCUT2D eigenvalue weighted by molar-refractivity contribution is 0.482. The Morgan fingerprint density at radius 2 is 1.94 bits per heavy atom. The number of rotatable bonds is 2. The topological polar surface area (TPSA) is 9.23 Å². The number of benzene rings is 2. The van der Waals surface area contributed by atoms with Crippen molar-refractivity contribution in [3.63, 3.8) is 0 Å². The Bertz CT molecular complexity index is 506. The van der Waals surface area contributed by atoms with Crippen LogP contribution in [0.4, 0.5) is 0 Å². The van der Waals surface area contributed by atoms with Crippen molar-refractivity contribution >= 4 is 11.6 Å². The molecule has 0 N–H and O–H groups in total. The summed E-state index contributed by atoms with van der Waals surface area (Å²) in [6.45, 7) is 5.85. The number of aryl methyl sites for hydroxylation is 1. The lowest BCUT2D eigenvalue weighted by Crippen LogP contribution is -1.86. The zero-order valence-corrected chi connectivity index (χ0v) is 9.79. The van der Waals surface area contributed by atoms with E-state index in [4.69, 9.17) is 16.3 Å². The van der Waals surface area contributed by atoms with Crippen LogP contribution in [0.2, 0.25) is 5.02 Å². The molecular weight excluding hydrogens is 220 g/mol. The number of halogens is 1. The summed E-state index contributed by atoms with van der Waals surface area (Å²) >= 11 is 6.05.